The van der Waals surface area contributed by atoms with Crippen LogP contribution in [-0.4, -0.2) is 61.4 Å². The third-order valence-electron chi connectivity index (χ3n) is 6.89. The molecular formula is C23H23N3O7. The second kappa shape index (κ2) is 7.73. The minimum absolute atomic E-state index is 0.322. The number of hydrogen-bond acceptors (Lipinski definition) is 8. The van der Waals surface area contributed by atoms with Gasteiger partial charge >= 0.3 is 5.97 Å². The van der Waals surface area contributed by atoms with Crippen molar-refractivity contribution in [1.29, 1.82) is 0 Å². The molecule has 0 bridgehead atoms. The summed E-state index contributed by atoms with van der Waals surface area (Å²) in [7, 11) is 2.75. The van der Waals surface area contributed by atoms with Gasteiger partial charge in [0.15, 0.2) is 0 Å². The Kier molecular flexibility index (Phi) is 4.97. The second-order valence-corrected chi connectivity index (χ2v) is 8.30. The van der Waals surface area contributed by atoms with Crippen molar-refractivity contribution in [2.24, 2.45) is 11.8 Å². The van der Waals surface area contributed by atoms with Crippen LogP contribution in [0.25, 0.3) is 0 Å². The lowest BCUT2D eigenvalue weighted by atomic mass is 9.76. The molecule has 3 aliphatic rings. The molecule has 2 aromatic rings. The lowest BCUT2D eigenvalue weighted by Gasteiger charge is -2.44. The molecule has 4 atom stereocenters. The summed E-state index contributed by atoms with van der Waals surface area (Å²) < 4.78 is 15.7. The Hall–Kier alpha value is -3.66. The van der Waals surface area contributed by atoms with Crippen LogP contribution in [0, 0.1) is 11.8 Å². The highest BCUT2D eigenvalue weighted by Crippen LogP contribution is 2.57. The number of imide groups is 1. The molecule has 0 unspecified atom stereocenters. The number of fused-ring (bicyclic) bond motifs is 3. The standard InChI is InChI=1S/C23H23N3O7/c1-31-14-7-5-13(6-8-14)26-20(28)17-18(21(26)29)23(12-16(27)32-2)22(30)24-9-10-25(23)19(17)15-4-3-11-33-15/h3-8,11,17-19H,9-10,12H2,1-2H3,(H,24,30)/t17-,18-,19+,23-/m0/s1. The van der Waals surface area contributed by atoms with Gasteiger partial charge in [-0.2, -0.15) is 0 Å². The quantitative estimate of drug-likeness (QED) is 0.524. The van der Waals surface area contributed by atoms with Gasteiger partial charge in [-0.3, -0.25) is 24.1 Å². The van der Waals surface area contributed by atoms with E-state index in [-0.39, 0.29) is 6.42 Å². The number of piperazine rings is 1. The fraction of sp³-hybridized carbons (Fsp3) is 0.391. The molecule has 3 amide bonds. The third kappa shape index (κ3) is 2.90. The molecule has 10 nitrogen and oxygen atoms in total. The summed E-state index contributed by atoms with van der Waals surface area (Å²) in [5, 5.41) is 2.79. The van der Waals surface area contributed by atoms with E-state index in [1.54, 1.807) is 41.3 Å². The maximum absolute atomic E-state index is 13.8. The molecule has 3 fully saturated rings. The van der Waals surface area contributed by atoms with Gasteiger partial charge in [-0.25, -0.2) is 4.90 Å². The van der Waals surface area contributed by atoms with Crippen LogP contribution in [0.2, 0.25) is 0 Å². The monoisotopic (exact) mass is 453 g/mol. The summed E-state index contributed by atoms with van der Waals surface area (Å²) in [4.78, 5) is 56.3. The van der Waals surface area contributed by atoms with Gasteiger partial charge in [-0.15, -0.1) is 0 Å². The number of nitrogens with zero attached hydrogens (tertiary/aromatic N) is 2. The summed E-state index contributed by atoms with van der Waals surface area (Å²) in [6.07, 6.45) is 1.13. The molecule has 0 saturated carbocycles. The maximum atomic E-state index is 13.8. The average molecular weight is 453 g/mol. The molecule has 33 heavy (non-hydrogen) atoms. The molecule has 10 heteroatoms. The first-order valence-electron chi connectivity index (χ1n) is 10.6. The highest BCUT2D eigenvalue weighted by atomic mass is 16.5. The zero-order chi connectivity index (χ0) is 23.3. The second-order valence-electron chi connectivity index (χ2n) is 8.30. The van der Waals surface area contributed by atoms with E-state index < -0.39 is 47.1 Å². The Morgan fingerprint density at radius 2 is 1.91 bits per heavy atom. The van der Waals surface area contributed by atoms with Gasteiger partial charge in [0, 0.05) is 13.1 Å². The van der Waals surface area contributed by atoms with Gasteiger partial charge in [-0.1, -0.05) is 0 Å². The van der Waals surface area contributed by atoms with E-state index >= 15 is 0 Å². The van der Waals surface area contributed by atoms with Crippen LogP contribution in [0.5, 0.6) is 5.75 Å². The number of ether oxygens (including phenoxy) is 2. The van der Waals surface area contributed by atoms with E-state index in [1.165, 1.54) is 20.5 Å². The molecule has 0 aliphatic carbocycles. The highest BCUT2D eigenvalue weighted by molar-refractivity contribution is 6.24. The molecule has 1 N–H and O–H groups in total. The van der Waals surface area contributed by atoms with Crippen molar-refractivity contribution < 1.29 is 33.1 Å². The fourth-order valence-electron chi connectivity index (χ4n) is 5.55. The number of anilines is 1. The highest BCUT2D eigenvalue weighted by Gasteiger charge is 2.73. The average Bonchev–Trinajstić information content (AvgIpc) is 3.50. The zero-order valence-corrected chi connectivity index (χ0v) is 18.1. The van der Waals surface area contributed by atoms with Gasteiger partial charge in [0.25, 0.3) is 0 Å². The van der Waals surface area contributed by atoms with Crippen LogP contribution in [0.4, 0.5) is 5.69 Å². The van der Waals surface area contributed by atoms with Crippen molar-refractivity contribution >= 4 is 29.4 Å². The lowest BCUT2D eigenvalue weighted by Crippen LogP contribution is -2.67. The predicted molar refractivity (Wildman–Crippen MR) is 113 cm³/mol. The lowest BCUT2D eigenvalue weighted by molar-refractivity contribution is -0.154. The fourth-order valence-corrected chi connectivity index (χ4v) is 5.55. The first-order valence-corrected chi connectivity index (χ1v) is 10.6. The SMILES string of the molecule is COC(=O)C[C@]12C(=O)NCCN1[C@H](c1ccco1)[C@H]1C(=O)N(c3ccc(OC)cc3)C(=O)[C@H]12. The summed E-state index contributed by atoms with van der Waals surface area (Å²) >= 11 is 0. The van der Waals surface area contributed by atoms with E-state index in [1.807, 2.05) is 0 Å². The van der Waals surface area contributed by atoms with Crippen LogP contribution in [-0.2, 0) is 23.9 Å². The zero-order valence-electron chi connectivity index (χ0n) is 18.1. The summed E-state index contributed by atoms with van der Waals surface area (Å²) in [5.41, 5.74) is -1.20. The van der Waals surface area contributed by atoms with Crippen molar-refractivity contribution in [2.45, 2.75) is 18.0 Å². The van der Waals surface area contributed by atoms with Gasteiger partial charge in [0.05, 0.1) is 50.5 Å². The van der Waals surface area contributed by atoms with E-state index in [0.717, 1.165) is 4.90 Å². The van der Waals surface area contributed by atoms with E-state index in [9.17, 15) is 19.2 Å². The van der Waals surface area contributed by atoms with Crippen LogP contribution < -0.4 is 15.0 Å². The Morgan fingerprint density at radius 3 is 2.55 bits per heavy atom. The van der Waals surface area contributed by atoms with E-state index in [2.05, 4.69) is 5.32 Å². The van der Waals surface area contributed by atoms with Crippen molar-refractivity contribution in [2.75, 3.05) is 32.2 Å². The van der Waals surface area contributed by atoms with Crippen LogP contribution in [0.3, 0.4) is 0 Å². The Labute approximate surface area is 189 Å². The summed E-state index contributed by atoms with van der Waals surface area (Å²) in [5.74, 6) is -3.03. The number of amides is 3. The van der Waals surface area contributed by atoms with Gasteiger partial charge in [0.2, 0.25) is 17.7 Å². The van der Waals surface area contributed by atoms with Crippen LogP contribution in [0.1, 0.15) is 18.2 Å². The summed E-state index contributed by atoms with van der Waals surface area (Å²) in [6.45, 7) is 0.674. The van der Waals surface area contributed by atoms with E-state index in [0.29, 0.717) is 30.3 Å². The first kappa shape index (κ1) is 21.2. The smallest absolute Gasteiger partial charge is 0.307 e. The minimum atomic E-state index is -1.57. The number of rotatable bonds is 5. The molecule has 3 aliphatic heterocycles. The number of furan rings is 1. The van der Waals surface area contributed by atoms with Gasteiger partial charge in [-0.05, 0) is 36.4 Å². The number of carbonyl (C=O) groups is 4. The number of hydrogen-bond donors (Lipinski definition) is 1. The molecule has 1 aromatic carbocycles. The van der Waals surface area contributed by atoms with E-state index in [4.69, 9.17) is 13.9 Å². The Morgan fingerprint density at radius 1 is 1.15 bits per heavy atom. The van der Waals surface area contributed by atoms with Gasteiger partial charge in [0.1, 0.15) is 17.0 Å². The largest absolute Gasteiger partial charge is 0.497 e. The predicted octanol–water partition coefficient (Wildman–Crippen LogP) is 0.882. The minimum Gasteiger partial charge on any atom is -0.497 e. The Balaban J connectivity index is 1.67. The maximum Gasteiger partial charge on any atom is 0.307 e. The molecule has 4 heterocycles. The van der Waals surface area contributed by atoms with Crippen LogP contribution in [0.15, 0.2) is 47.1 Å². The van der Waals surface area contributed by atoms with Crippen molar-refractivity contribution in [1.82, 2.24) is 10.2 Å². The van der Waals surface area contributed by atoms with Crippen LogP contribution >= 0.6 is 0 Å². The molecule has 0 radical (unpaired) electrons. The number of nitrogens with one attached hydrogen (secondary N) is 1. The molecule has 172 valence electrons. The number of carbonyl (C=O) groups excluding carboxylic acids is 4. The number of benzene rings is 1. The van der Waals surface area contributed by atoms with Crippen molar-refractivity contribution in [3.63, 3.8) is 0 Å². The third-order valence-corrected chi connectivity index (χ3v) is 6.89. The summed E-state index contributed by atoms with van der Waals surface area (Å²) in [6, 6.07) is 9.26. The molecule has 3 saturated heterocycles. The topological polar surface area (TPSA) is 118 Å². The molecular weight excluding hydrogens is 430 g/mol. The normalized spacial score (nSPS) is 29.0. The van der Waals surface area contributed by atoms with Crippen molar-refractivity contribution in [3.05, 3.63) is 48.4 Å². The molecule has 5 rings (SSSR count). The number of esters is 1. The first-order chi connectivity index (χ1) is 15.9. The molecule has 0 spiro atoms. The van der Waals surface area contributed by atoms with Crippen molar-refractivity contribution in [3.8, 4) is 5.75 Å². The number of methoxy groups -OCH3 is 2. The Bertz CT molecular complexity index is 1110. The molecule has 1 aromatic heterocycles. The van der Waals surface area contributed by atoms with Gasteiger partial charge < -0.3 is 19.2 Å².